The first-order valence-corrected chi connectivity index (χ1v) is 6.25. The topological polar surface area (TPSA) is 43.1 Å². The highest BCUT2D eigenvalue weighted by atomic mass is 16.1. The number of hydrogen-bond donors (Lipinski definition) is 1. The quantitative estimate of drug-likeness (QED) is 0.695. The van der Waals surface area contributed by atoms with E-state index in [4.69, 9.17) is 5.73 Å². The van der Waals surface area contributed by atoms with Gasteiger partial charge in [0.05, 0.1) is 5.41 Å². The molecule has 1 saturated carbocycles. The maximum absolute atomic E-state index is 11.8. The molecule has 2 nitrogen and oxygen atoms in total. The minimum atomic E-state index is -0.251. The molecule has 84 valence electrons. The van der Waals surface area contributed by atoms with Crippen molar-refractivity contribution in [3.63, 3.8) is 0 Å². The summed E-state index contributed by atoms with van der Waals surface area (Å²) >= 11 is 0. The van der Waals surface area contributed by atoms with Gasteiger partial charge in [0, 0.05) is 0 Å². The smallest absolute Gasteiger partial charge is 0.227 e. The van der Waals surface area contributed by atoms with E-state index in [9.17, 15) is 4.79 Å². The average molecular weight is 207 g/mol. The Balaban J connectivity index is 2.24. The third-order valence-corrected chi connectivity index (χ3v) is 4.08. The van der Waals surface area contributed by atoms with E-state index in [1.807, 2.05) is 0 Å². The molecule has 0 unspecified atom stereocenters. The van der Waals surface area contributed by atoms with Crippen LogP contribution in [0.25, 0.3) is 0 Å². The first-order chi connectivity index (χ1) is 7.26. The number of allylic oxidation sites excluding steroid dienone is 1. The van der Waals surface area contributed by atoms with Crippen LogP contribution in [0.5, 0.6) is 0 Å². The van der Waals surface area contributed by atoms with Gasteiger partial charge in [-0.25, -0.2) is 0 Å². The molecule has 2 heteroatoms. The molecule has 2 aliphatic rings. The Morgan fingerprint density at radius 2 is 1.87 bits per heavy atom. The molecule has 0 bridgehead atoms. The van der Waals surface area contributed by atoms with Crippen LogP contribution in [0, 0.1) is 5.41 Å². The maximum atomic E-state index is 11.8. The van der Waals surface area contributed by atoms with Gasteiger partial charge in [-0.1, -0.05) is 30.9 Å². The molecule has 0 saturated heterocycles. The highest BCUT2D eigenvalue weighted by Crippen LogP contribution is 2.45. The van der Waals surface area contributed by atoms with Crippen LogP contribution in [-0.2, 0) is 4.79 Å². The first-order valence-electron chi connectivity index (χ1n) is 6.25. The predicted molar refractivity (Wildman–Crippen MR) is 61.3 cm³/mol. The number of primary amides is 1. The Hall–Kier alpha value is -0.790. The lowest BCUT2D eigenvalue weighted by Crippen LogP contribution is -2.40. The molecule has 0 radical (unpaired) electrons. The van der Waals surface area contributed by atoms with E-state index < -0.39 is 0 Å². The third kappa shape index (κ3) is 1.95. The van der Waals surface area contributed by atoms with Gasteiger partial charge in [0.1, 0.15) is 0 Å². The fourth-order valence-corrected chi connectivity index (χ4v) is 3.15. The van der Waals surface area contributed by atoms with E-state index in [0.717, 1.165) is 25.7 Å². The molecule has 1 fully saturated rings. The zero-order valence-electron chi connectivity index (χ0n) is 9.43. The van der Waals surface area contributed by atoms with Crippen LogP contribution in [0.2, 0.25) is 0 Å². The van der Waals surface area contributed by atoms with Crippen molar-refractivity contribution in [2.75, 3.05) is 0 Å². The Morgan fingerprint density at radius 3 is 2.40 bits per heavy atom. The summed E-state index contributed by atoms with van der Waals surface area (Å²) in [5.74, 6) is -0.0737. The van der Waals surface area contributed by atoms with Crippen molar-refractivity contribution in [2.24, 2.45) is 11.1 Å². The first kappa shape index (κ1) is 10.7. The standard InChI is InChI=1S/C13H21NO/c14-12(15)13(9-5-2-6-10-13)11-7-3-1-4-8-11/h7H,1-6,8-10H2,(H2,14,15). The van der Waals surface area contributed by atoms with E-state index in [1.165, 1.54) is 37.7 Å². The molecule has 0 aromatic carbocycles. The molecule has 0 aliphatic heterocycles. The van der Waals surface area contributed by atoms with E-state index in [-0.39, 0.29) is 11.3 Å². The summed E-state index contributed by atoms with van der Waals surface area (Å²) in [6.45, 7) is 0. The predicted octanol–water partition coefficient (Wildman–Crippen LogP) is 2.92. The molecule has 2 N–H and O–H groups in total. The summed E-state index contributed by atoms with van der Waals surface area (Å²) in [4.78, 5) is 11.8. The number of rotatable bonds is 2. The van der Waals surface area contributed by atoms with Crippen molar-refractivity contribution < 1.29 is 4.79 Å². The Bertz CT molecular complexity index is 274. The number of nitrogens with two attached hydrogens (primary N) is 1. The van der Waals surface area contributed by atoms with E-state index in [2.05, 4.69) is 6.08 Å². The molecular formula is C13H21NO. The third-order valence-electron chi connectivity index (χ3n) is 4.08. The minimum Gasteiger partial charge on any atom is -0.369 e. The molecule has 0 aromatic heterocycles. The summed E-state index contributed by atoms with van der Waals surface area (Å²) in [7, 11) is 0. The zero-order chi connectivity index (χ0) is 10.7. The number of carbonyl (C=O) groups is 1. The summed E-state index contributed by atoms with van der Waals surface area (Å²) in [5.41, 5.74) is 6.76. The molecule has 1 amide bonds. The van der Waals surface area contributed by atoms with Crippen molar-refractivity contribution in [1.82, 2.24) is 0 Å². The molecule has 2 rings (SSSR count). The Morgan fingerprint density at radius 1 is 1.13 bits per heavy atom. The normalized spacial score (nSPS) is 25.7. The SMILES string of the molecule is NC(=O)C1(C2=CCCCC2)CCCCC1. The molecule has 0 aromatic rings. The zero-order valence-corrected chi connectivity index (χ0v) is 9.43. The van der Waals surface area contributed by atoms with Crippen LogP contribution >= 0.6 is 0 Å². The van der Waals surface area contributed by atoms with Crippen LogP contribution in [0.1, 0.15) is 57.8 Å². The second-order valence-corrected chi connectivity index (χ2v) is 4.98. The lowest BCUT2D eigenvalue weighted by molar-refractivity contribution is -0.127. The summed E-state index contributed by atoms with van der Waals surface area (Å²) in [6.07, 6.45) is 12.6. The molecule has 15 heavy (non-hydrogen) atoms. The largest absolute Gasteiger partial charge is 0.369 e. The monoisotopic (exact) mass is 207 g/mol. The number of hydrogen-bond acceptors (Lipinski definition) is 1. The molecular weight excluding hydrogens is 186 g/mol. The summed E-state index contributed by atoms with van der Waals surface area (Å²) < 4.78 is 0. The van der Waals surface area contributed by atoms with E-state index in [1.54, 1.807) is 0 Å². The second kappa shape index (κ2) is 4.38. The maximum Gasteiger partial charge on any atom is 0.227 e. The molecule has 2 aliphatic carbocycles. The summed E-state index contributed by atoms with van der Waals surface area (Å²) in [6, 6.07) is 0. The fourth-order valence-electron chi connectivity index (χ4n) is 3.15. The van der Waals surface area contributed by atoms with Crippen LogP contribution in [0.15, 0.2) is 11.6 Å². The van der Waals surface area contributed by atoms with Gasteiger partial charge in [0.2, 0.25) is 5.91 Å². The van der Waals surface area contributed by atoms with Crippen LogP contribution in [0.4, 0.5) is 0 Å². The number of carbonyl (C=O) groups excluding carboxylic acids is 1. The molecule has 0 spiro atoms. The Labute approximate surface area is 91.9 Å². The van der Waals surface area contributed by atoms with Gasteiger partial charge in [0.15, 0.2) is 0 Å². The van der Waals surface area contributed by atoms with Crippen LogP contribution in [-0.4, -0.2) is 5.91 Å². The molecule has 0 atom stereocenters. The van der Waals surface area contributed by atoms with Crippen molar-refractivity contribution in [3.05, 3.63) is 11.6 Å². The van der Waals surface area contributed by atoms with Gasteiger partial charge < -0.3 is 5.73 Å². The minimum absolute atomic E-state index is 0.0737. The highest BCUT2D eigenvalue weighted by molar-refractivity contribution is 5.84. The van der Waals surface area contributed by atoms with E-state index >= 15 is 0 Å². The molecule has 0 heterocycles. The average Bonchev–Trinajstić information content (AvgIpc) is 2.31. The fraction of sp³-hybridized carbons (Fsp3) is 0.769. The van der Waals surface area contributed by atoms with Crippen molar-refractivity contribution in [3.8, 4) is 0 Å². The highest BCUT2D eigenvalue weighted by Gasteiger charge is 2.40. The second-order valence-electron chi connectivity index (χ2n) is 4.98. The lowest BCUT2D eigenvalue weighted by Gasteiger charge is -2.38. The van der Waals surface area contributed by atoms with Crippen LogP contribution < -0.4 is 5.73 Å². The van der Waals surface area contributed by atoms with Crippen molar-refractivity contribution in [2.45, 2.75) is 57.8 Å². The van der Waals surface area contributed by atoms with Gasteiger partial charge in [0.25, 0.3) is 0 Å². The van der Waals surface area contributed by atoms with E-state index in [0.29, 0.717) is 0 Å². The van der Waals surface area contributed by atoms with Gasteiger partial charge in [-0.3, -0.25) is 4.79 Å². The summed E-state index contributed by atoms with van der Waals surface area (Å²) in [5, 5.41) is 0. The van der Waals surface area contributed by atoms with Crippen molar-refractivity contribution >= 4 is 5.91 Å². The van der Waals surface area contributed by atoms with Crippen LogP contribution in [0.3, 0.4) is 0 Å². The van der Waals surface area contributed by atoms with Gasteiger partial charge in [-0.15, -0.1) is 0 Å². The van der Waals surface area contributed by atoms with Gasteiger partial charge in [-0.2, -0.15) is 0 Å². The van der Waals surface area contributed by atoms with Crippen molar-refractivity contribution in [1.29, 1.82) is 0 Å². The van der Waals surface area contributed by atoms with Gasteiger partial charge >= 0.3 is 0 Å². The lowest BCUT2D eigenvalue weighted by atomic mass is 9.66. The van der Waals surface area contributed by atoms with Gasteiger partial charge in [-0.05, 0) is 38.5 Å². The Kier molecular flexibility index (Phi) is 3.13. The number of amides is 1.